The Hall–Kier alpha value is -4.32. The molecular weight excluding hydrogens is 406 g/mol. The third-order valence-electron chi connectivity index (χ3n) is 4.85. The molecule has 8 heteroatoms. The molecule has 0 spiro atoms. The van der Waals surface area contributed by atoms with Crippen LogP contribution in [-0.4, -0.2) is 32.2 Å². The number of aliphatic hydroxyl groups excluding tert-OH is 1. The van der Waals surface area contributed by atoms with Gasteiger partial charge in [0.1, 0.15) is 0 Å². The van der Waals surface area contributed by atoms with E-state index in [1.807, 2.05) is 24.3 Å². The molecule has 4 aromatic rings. The van der Waals surface area contributed by atoms with Gasteiger partial charge in [0.15, 0.2) is 0 Å². The summed E-state index contributed by atoms with van der Waals surface area (Å²) in [4.78, 5) is 32.9. The number of pyridine rings is 3. The van der Waals surface area contributed by atoms with Crippen LogP contribution in [0.1, 0.15) is 21.5 Å². The number of carbonyl (C=O) groups excluding carboxylic acids is 1. The lowest BCUT2D eigenvalue weighted by molar-refractivity contribution is 0.0955. The first-order chi connectivity index (χ1) is 15.6. The molecule has 8 nitrogen and oxygen atoms in total. The van der Waals surface area contributed by atoms with E-state index >= 15 is 0 Å². The minimum absolute atomic E-state index is 0.0986. The SMILES string of the molecule is NNC(=O)c1cc(-c2ccc(C#Cc3ccn(CCO)c(=O)c3)cc2)nc2ccncc12. The van der Waals surface area contributed by atoms with Crippen LogP contribution in [0.4, 0.5) is 0 Å². The summed E-state index contributed by atoms with van der Waals surface area (Å²) in [6, 6.07) is 14.0. The Morgan fingerprint density at radius 1 is 1.09 bits per heavy atom. The molecule has 0 radical (unpaired) electrons. The monoisotopic (exact) mass is 425 g/mol. The van der Waals surface area contributed by atoms with Crippen molar-refractivity contribution >= 4 is 16.8 Å². The Balaban J connectivity index is 1.63. The molecule has 32 heavy (non-hydrogen) atoms. The molecule has 4 rings (SSSR count). The van der Waals surface area contributed by atoms with Crippen LogP contribution in [0.2, 0.25) is 0 Å². The van der Waals surface area contributed by atoms with Crippen molar-refractivity contribution in [1.82, 2.24) is 20.0 Å². The lowest BCUT2D eigenvalue weighted by Gasteiger charge is -2.08. The zero-order valence-electron chi connectivity index (χ0n) is 16.9. The summed E-state index contributed by atoms with van der Waals surface area (Å²) in [6.45, 7) is 0.153. The number of nitrogens with one attached hydrogen (secondary N) is 1. The molecule has 0 atom stereocenters. The van der Waals surface area contributed by atoms with E-state index in [9.17, 15) is 9.59 Å². The molecule has 3 heterocycles. The molecule has 0 aliphatic carbocycles. The molecule has 1 aromatic carbocycles. The lowest BCUT2D eigenvalue weighted by Crippen LogP contribution is -2.30. The average molecular weight is 425 g/mol. The van der Waals surface area contributed by atoms with Gasteiger partial charge in [0.25, 0.3) is 11.5 Å². The molecule has 0 aliphatic heterocycles. The van der Waals surface area contributed by atoms with E-state index in [0.29, 0.717) is 27.7 Å². The molecule has 1 amide bonds. The van der Waals surface area contributed by atoms with Crippen molar-refractivity contribution in [1.29, 1.82) is 0 Å². The van der Waals surface area contributed by atoms with Crippen LogP contribution in [0.5, 0.6) is 0 Å². The van der Waals surface area contributed by atoms with Gasteiger partial charge in [-0.15, -0.1) is 0 Å². The number of fused-ring (bicyclic) bond motifs is 1. The fourth-order valence-electron chi connectivity index (χ4n) is 3.23. The van der Waals surface area contributed by atoms with E-state index in [0.717, 1.165) is 11.1 Å². The number of rotatable bonds is 4. The van der Waals surface area contributed by atoms with Gasteiger partial charge in [0.05, 0.1) is 23.4 Å². The maximum absolute atomic E-state index is 12.2. The van der Waals surface area contributed by atoms with E-state index in [1.54, 1.807) is 36.8 Å². The first-order valence-corrected chi connectivity index (χ1v) is 9.78. The standard InChI is InChI=1S/C24H19N5O3/c25-28-24(32)19-14-22(27-21-7-9-26-15-20(19)21)18-5-3-16(4-6-18)1-2-17-8-10-29(11-12-30)23(31)13-17/h3-10,13-15,30H,11-12,25H2,(H,28,32). The van der Waals surface area contributed by atoms with E-state index in [2.05, 4.69) is 27.2 Å². The van der Waals surface area contributed by atoms with Crippen LogP contribution in [0.25, 0.3) is 22.2 Å². The molecule has 0 fully saturated rings. The Morgan fingerprint density at radius 3 is 2.59 bits per heavy atom. The van der Waals surface area contributed by atoms with Crippen molar-refractivity contribution in [3.63, 3.8) is 0 Å². The zero-order chi connectivity index (χ0) is 22.5. The molecule has 0 saturated heterocycles. The number of carbonyl (C=O) groups is 1. The van der Waals surface area contributed by atoms with Gasteiger partial charge in [0.2, 0.25) is 0 Å². The van der Waals surface area contributed by atoms with Gasteiger partial charge in [-0.2, -0.15) is 0 Å². The van der Waals surface area contributed by atoms with Gasteiger partial charge in [-0.25, -0.2) is 10.8 Å². The quantitative estimate of drug-likeness (QED) is 0.197. The summed E-state index contributed by atoms with van der Waals surface area (Å²) >= 11 is 0. The maximum Gasteiger partial charge on any atom is 0.265 e. The summed E-state index contributed by atoms with van der Waals surface area (Å²) in [5.41, 5.74) is 5.76. The molecule has 0 unspecified atom stereocenters. The largest absolute Gasteiger partial charge is 0.395 e. The van der Waals surface area contributed by atoms with Crippen molar-refractivity contribution in [2.45, 2.75) is 6.54 Å². The highest BCUT2D eigenvalue weighted by Crippen LogP contribution is 2.24. The Morgan fingerprint density at radius 2 is 1.88 bits per heavy atom. The van der Waals surface area contributed by atoms with Gasteiger partial charge < -0.3 is 9.67 Å². The number of nitrogens with two attached hydrogens (primary N) is 1. The number of aliphatic hydroxyl groups is 1. The van der Waals surface area contributed by atoms with Crippen molar-refractivity contribution in [3.8, 4) is 23.1 Å². The fourth-order valence-corrected chi connectivity index (χ4v) is 3.23. The molecule has 0 bridgehead atoms. The van der Waals surface area contributed by atoms with Crippen LogP contribution in [0.3, 0.4) is 0 Å². The summed E-state index contributed by atoms with van der Waals surface area (Å²) < 4.78 is 1.42. The van der Waals surface area contributed by atoms with Crippen LogP contribution in [-0.2, 0) is 6.54 Å². The first kappa shape index (κ1) is 20.9. The normalized spacial score (nSPS) is 10.4. The highest BCUT2D eigenvalue weighted by molar-refractivity contribution is 6.06. The summed E-state index contributed by atoms with van der Waals surface area (Å²) in [6.07, 6.45) is 4.81. The van der Waals surface area contributed by atoms with Crippen LogP contribution in [0.15, 0.2) is 71.9 Å². The number of hydrogen-bond acceptors (Lipinski definition) is 6. The van der Waals surface area contributed by atoms with E-state index < -0.39 is 5.91 Å². The average Bonchev–Trinajstić information content (AvgIpc) is 2.83. The highest BCUT2D eigenvalue weighted by Gasteiger charge is 2.13. The Labute approximate surface area is 183 Å². The van der Waals surface area contributed by atoms with Gasteiger partial charge >= 0.3 is 0 Å². The fraction of sp³-hybridized carbons (Fsp3) is 0.0833. The number of aromatic nitrogens is 3. The number of nitrogens with zero attached hydrogens (tertiary/aromatic N) is 3. The van der Waals surface area contributed by atoms with Crippen molar-refractivity contribution in [3.05, 3.63) is 94.2 Å². The predicted molar refractivity (Wildman–Crippen MR) is 120 cm³/mol. The Kier molecular flexibility index (Phi) is 6.03. The highest BCUT2D eigenvalue weighted by atomic mass is 16.3. The van der Waals surface area contributed by atoms with Gasteiger partial charge in [-0.05, 0) is 30.3 Å². The topological polar surface area (TPSA) is 123 Å². The molecule has 4 N–H and O–H groups in total. The third kappa shape index (κ3) is 4.39. The first-order valence-electron chi connectivity index (χ1n) is 9.78. The van der Waals surface area contributed by atoms with Crippen molar-refractivity contribution in [2.24, 2.45) is 5.84 Å². The van der Waals surface area contributed by atoms with Crippen LogP contribution >= 0.6 is 0 Å². The second-order valence-electron chi connectivity index (χ2n) is 6.92. The summed E-state index contributed by atoms with van der Waals surface area (Å²) in [5.74, 6) is 10.9. The van der Waals surface area contributed by atoms with E-state index in [1.165, 1.54) is 10.6 Å². The molecular formula is C24H19N5O3. The minimum Gasteiger partial charge on any atom is -0.395 e. The number of hydrazine groups is 1. The summed E-state index contributed by atoms with van der Waals surface area (Å²) in [5, 5.41) is 9.57. The third-order valence-corrected chi connectivity index (χ3v) is 4.85. The van der Waals surface area contributed by atoms with Gasteiger partial charge in [-0.3, -0.25) is 20.0 Å². The van der Waals surface area contributed by atoms with Crippen molar-refractivity contribution < 1.29 is 9.90 Å². The number of amides is 1. The number of hydrogen-bond donors (Lipinski definition) is 3. The second kappa shape index (κ2) is 9.22. The number of benzene rings is 1. The van der Waals surface area contributed by atoms with E-state index in [-0.39, 0.29) is 18.7 Å². The molecule has 0 aliphatic rings. The molecule has 0 saturated carbocycles. The maximum atomic E-state index is 12.2. The van der Waals surface area contributed by atoms with E-state index in [4.69, 9.17) is 10.9 Å². The van der Waals surface area contributed by atoms with Crippen LogP contribution < -0.4 is 16.8 Å². The Bertz CT molecular complexity index is 1420. The van der Waals surface area contributed by atoms with Gasteiger partial charge in [-0.1, -0.05) is 24.0 Å². The second-order valence-corrected chi connectivity index (χ2v) is 6.92. The lowest BCUT2D eigenvalue weighted by atomic mass is 10.0. The molecule has 3 aromatic heterocycles. The molecule has 158 valence electrons. The zero-order valence-corrected chi connectivity index (χ0v) is 16.9. The van der Waals surface area contributed by atoms with Crippen molar-refractivity contribution in [2.75, 3.05) is 6.61 Å². The minimum atomic E-state index is -0.421. The predicted octanol–water partition coefficient (Wildman–Crippen LogP) is 1.45. The van der Waals surface area contributed by atoms with Crippen LogP contribution in [0, 0.1) is 11.8 Å². The van der Waals surface area contributed by atoms with Gasteiger partial charge in [0, 0.05) is 53.3 Å². The summed E-state index contributed by atoms with van der Waals surface area (Å²) in [7, 11) is 0. The smallest absolute Gasteiger partial charge is 0.265 e. The number of nitrogen functional groups attached to an aromatic ring is 1.